The maximum Gasteiger partial charge on any atom is 2.00 e. The standard InChI is InChI=1S/C34H34N4O4S2.Co/c1-25-15-19-29(20-16-25)43(39,40)37-31-11-5-3-9-27(31)23-35-33-13-7-8-14-34(33)36-24-28-10-4-6-12-32(28)38-44(41,42)30-21-17-26(2)18-22-30;/h3-6,9-12,15-24,33-34H,7-8,13-14H2,1-2H3;/q-2;+2/t33-,34-;/m1./s1. The Hall–Kier alpha value is -3.77. The first kappa shape index (κ1) is 34.1. The van der Waals surface area contributed by atoms with E-state index in [1.807, 2.05) is 26.0 Å². The minimum absolute atomic E-state index is 0. The predicted octanol–water partition coefficient (Wildman–Crippen LogP) is 7.94. The molecule has 1 radical (unpaired) electrons. The molecule has 5 rings (SSSR count). The number of hydrogen-bond donors (Lipinski definition) is 0. The second-order valence-corrected chi connectivity index (χ2v) is 14.1. The number of benzene rings is 4. The van der Waals surface area contributed by atoms with E-state index in [1.54, 1.807) is 97.4 Å². The Kier molecular flexibility index (Phi) is 11.4. The smallest absolute Gasteiger partial charge is 0.572 e. The van der Waals surface area contributed by atoms with E-state index in [2.05, 4.69) is 9.44 Å². The Balaban J connectivity index is 0.00000461. The van der Waals surface area contributed by atoms with Gasteiger partial charge in [0.15, 0.2) is 0 Å². The van der Waals surface area contributed by atoms with Crippen LogP contribution in [0.5, 0.6) is 0 Å². The maximum absolute atomic E-state index is 13.0. The van der Waals surface area contributed by atoms with Crippen molar-refractivity contribution in [2.75, 3.05) is 0 Å². The molecule has 0 unspecified atom stereocenters. The zero-order chi connectivity index (χ0) is 31.2. The summed E-state index contributed by atoms with van der Waals surface area (Å²) in [6.45, 7) is 3.79. The molecule has 235 valence electrons. The van der Waals surface area contributed by atoms with Gasteiger partial charge in [-0.1, -0.05) is 96.8 Å². The largest absolute Gasteiger partial charge is 2.00 e. The molecule has 11 heteroatoms. The van der Waals surface area contributed by atoms with Gasteiger partial charge in [0.05, 0.1) is 21.9 Å². The Morgan fingerprint density at radius 1 is 0.578 bits per heavy atom. The van der Waals surface area contributed by atoms with E-state index in [9.17, 15) is 16.8 Å². The van der Waals surface area contributed by atoms with Gasteiger partial charge >= 0.3 is 16.8 Å². The summed E-state index contributed by atoms with van der Waals surface area (Å²) in [4.78, 5) is 9.94. The van der Waals surface area contributed by atoms with Crippen molar-refractivity contribution >= 4 is 43.9 Å². The Bertz CT molecular complexity index is 1740. The number of rotatable bonds is 10. The Morgan fingerprint density at radius 3 is 1.31 bits per heavy atom. The SMILES string of the molecule is Cc1ccc(S(=O)(=O)[N-]c2ccccc2C=N[C@@H]2CCCC[C@H]2N=Cc2ccccc2[N-]S(=O)(=O)c2ccc(C)cc2)cc1.[Co+2]. The molecule has 0 N–H and O–H groups in total. The Labute approximate surface area is 276 Å². The van der Waals surface area contributed by atoms with Crippen LogP contribution in [0.2, 0.25) is 0 Å². The fourth-order valence-corrected chi connectivity index (χ4v) is 6.96. The summed E-state index contributed by atoms with van der Waals surface area (Å²) in [5.41, 5.74) is 3.76. The fraction of sp³-hybridized carbons (Fsp3) is 0.235. The molecule has 0 aromatic heterocycles. The Morgan fingerprint density at radius 2 is 0.933 bits per heavy atom. The van der Waals surface area contributed by atoms with Crippen LogP contribution < -0.4 is 0 Å². The molecule has 0 spiro atoms. The van der Waals surface area contributed by atoms with Crippen molar-refractivity contribution in [2.24, 2.45) is 9.98 Å². The van der Waals surface area contributed by atoms with E-state index in [4.69, 9.17) is 9.98 Å². The van der Waals surface area contributed by atoms with Crippen molar-refractivity contribution in [1.82, 2.24) is 0 Å². The zero-order valence-corrected chi connectivity index (χ0v) is 27.6. The van der Waals surface area contributed by atoms with Crippen LogP contribution in [-0.2, 0) is 36.8 Å². The number of sulfonamides is 2. The van der Waals surface area contributed by atoms with E-state index >= 15 is 0 Å². The van der Waals surface area contributed by atoms with Gasteiger partial charge < -0.3 is 9.44 Å². The van der Waals surface area contributed by atoms with Crippen molar-refractivity contribution in [2.45, 2.75) is 61.4 Å². The molecule has 0 heterocycles. The summed E-state index contributed by atoms with van der Waals surface area (Å²) >= 11 is 0. The van der Waals surface area contributed by atoms with Crippen LogP contribution in [0.4, 0.5) is 11.4 Å². The monoisotopic (exact) mass is 685 g/mol. The van der Waals surface area contributed by atoms with Crippen molar-refractivity contribution in [3.05, 3.63) is 129 Å². The minimum atomic E-state index is -3.89. The second kappa shape index (κ2) is 15.0. The fourth-order valence-electron chi connectivity index (χ4n) is 4.94. The number of nitrogens with zero attached hydrogens (tertiary/aromatic N) is 4. The van der Waals surface area contributed by atoms with Gasteiger partial charge in [-0.05, 0) is 62.1 Å². The average Bonchev–Trinajstić information content (AvgIpc) is 3.01. The molecule has 0 saturated heterocycles. The van der Waals surface area contributed by atoms with Crippen molar-refractivity contribution < 1.29 is 33.6 Å². The van der Waals surface area contributed by atoms with E-state index < -0.39 is 20.0 Å². The molecule has 45 heavy (non-hydrogen) atoms. The third-order valence-corrected chi connectivity index (χ3v) is 10.1. The molecule has 1 fully saturated rings. The first-order valence-corrected chi connectivity index (χ1v) is 17.3. The van der Waals surface area contributed by atoms with Crippen LogP contribution in [-0.4, -0.2) is 41.3 Å². The van der Waals surface area contributed by atoms with Crippen molar-refractivity contribution in [1.29, 1.82) is 0 Å². The average molecular weight is 686 g/mol. The molecule has 0 aliphatic heterocycles. The summed E-state index contributed by atoms with van der Waals surface area (Å²) < 4.78 is 60.1. The molecule has 0 amide bonds. The number of aliphatic imine (C=N–C) groups is 2. The molecule has 4 aromatic rings. The third kappa shape index (κ3) is 8.91. The van der Waals surface area contributed by atoms with Crippen LogP contribution in [0.1, 0.15) is 47.9 Å². The van der Waals surface area contributed by atoms with Gasteiger partial charge in [0.25, 0.3) is 0 Å². The molecule has 1 aliphatic carbocycles. The van der Waals surface area contributed by atoms with Crippen LogP contribution in [0.25, 0.3) is 9.44 Å². The quantitative estimate of drug-likeness (QED) is 0.157. The van der Waals surface area contributed by atoms with Crippen molar-refractivity contribution in [3.8, 4) is 0 Å². The van der Waals surface area contributed by atoms with Crippen LogP contribution >= 0.6 is 0 Å². The topological polar surface area (TPSA) is 121 Å². The normalized spacial score (nSPS) is 17.2. The summed E-state index contributed by atoms with van der Waals surface area (Å²) in [6, 6.07) is 27.0. The van der Waals surface area contributed by atoms with Gasteiger partial charge in [-0.3, -0.25) is 9.98 Å². The van der Waals surface area contributed by atoms with Crippen molar-refractivity contribution in [3.63, 3.8) is 0 Å². The number of hydrogen-bond acceptors (Lipinski definition) is 6. The van der Waals surface area contributed by atoms with Gasteiger partial charge in [-0.2, -0.15) is 0 Å². The molecule has 1 saturated carbocycles. The van der Waals surface area contributed by atoms with Gasteiger partial charge in [0.1, 0.15) is 20.0 Å². The molecular formula is C34H34CoN4O4S2. The van der Waals surface area contributed by atoms with Gasteiger partial charge in [-0.25, -0.2) is 16.8 Å². The van der Waals surface area contributed by atoms with Crippen LogP contribution in [0.3, 0.4) is 0 Å². The van der Waals surface area contributed by atoms with Gasteiger partial charge in [-0.15, -0.1) is 11.4 Å². The molecule has 0 bridgehead atoms. The summed E-state index contributed by atoms with van der Waals surface area (Å²) in [5, 5.41) is 0. The van der Waals surface area contributed by atoms with E-state index in [0.29, 0.717) is 22.5 Å². The maximum atomic E-state index is 13.0. The summed E-state index contributed by atoms with van der Waals surface area (Å²) in [6.07, 6.45) is 7.02. The van der Waals surface area contributed by atoms with Crippen LogP contribution in [0, 0.1) is 13.8 Å². The summed E-state index contributed by atoms with van der Waals surface area (Å²) in [5.74, 6) is 0. The first-order valence-electron chi connectivity index (χ1n) is 14.4. The van der Waals surface area contributed by atoms with E-state index in [1.165, 1.54) is 0 Å². The predicted molar refractivity (Wildman–Crippen MR) is 177 cm³/mol. The number of aryl methyl sites for hydroxylation is 2. The van der Waals surface area contributed by atoms with E-state index in [-0.39, 0.29) is 38.7 Å². The molecule has 1 aliphatic rings. The van der Waals surface area contributed by atoms with Gasteiger partial charge in [0, 0.05) is 12.4 Å². The molecular weight excluding hydrogens is 651 g/mol. The zero-order valence-electron chi connectivity index (χ0n) is 24.9. The molecule has 8 nitrogen and oxygen atoms in total. The second-order valence-electron chi connectivity index (χ2n) is 10.9. The first-order chi connectivity index (χ1) is 21.1. The third-order valence-electron chi connectivity index (χ3n) is 7.45. The van der Waals surface area contributed by atoms with E-state index in [0.717, 1.165) is 36.8 Å². The van der Waals surface area contributed by atoms with Gasteiger partial charge in [0.2, 0.25) is 0 Å². The minimum Gasteiger partial charge on any atom is -0.572 e. The molecule has 2 atom stereocenters. The molecule has 4 aromatic carbocycles. The summed E-state index contributed by atoms with van der Waals surface area (Å²) in [7, 11) is -7.79. The van der Waals surface area contributed by atoms with Crippen LogP contribution in [0.15, 0.2) is 117 Å².